The lowest BCUT2D eigenvalue weighted by Gasteiger charge is -2.31. The summed E-state index contributed by atoms with van der Waals surface area (Å²) in [5.74, 6) is -0.0675. The van der Waals surface area contributed by atoms with Gasteiger partial charge in [-0.1, -0.05) is 35.6 Å². The summed E-state index contributed by atoms with van der Waals surface area (Å²) >= 11 is 0. The van der Waals surface area contributed by atoms with Gasteiger partial charge in [0.15, 0.2) is 11.6 Å². The SMILES string of the molecule is C.C.CCC(=O)CC(C)(C)C1=C(C)C(=O)C(C)=C(C)C1=O. The Kier molecular flexibility index (Phi) is 7.76. The molecule has 0 unspecified atom stereocenters. The standard InChI is InChI=1S/C16H22O3.2CH4/c1-7-12(17)8-16(5,6)13-11(4)14(18)9(2)10(3)15(13)19;;/h7-8H2,1-6H3;2*1H4. The molecule has 0 N–H and O–H groups in total. The van der Waals surface area contributed by atoms with Crippen LogP contribution in [0.5, 0.6) is 0 Å². The Morgan fingerprint density at radius 3 is 1.76 bits per heavy atom. The predicted molar refractivity (Wildman–Crippen MR) is 88.2 cm³/mol. The van der Waals surface area contributed by atoms with Crippen molar-refractivity contribution in [3.8, 4) is 0 Å². The van der Waals surface area contributed by atoms with Gasteiger partial charge in [0, 0.05) is 40.5 Å². The summed E-state index contributed by atoms with van der Waals surface area (Å²) < 4.78 is 0. The van der Waals surface area contributed by atoms with Crippen LogP contribution in [0.1, 0.15) is 69.2 Å². The van der Waals surface area contributed by atoms with Crippen LogP contribution in [0, 0.1) is 5.41 Å². The predicted octanol–water partition coefficient (Wildman–Crippen LogP) is 4.46. The van der Waals surface area contributed by atoms with Gasteiger partial charge in [0.2, 0.25) is 0 Å². The number of carbonyl (C=O) groups excluding carboxylic acids is 3. The maximum Gasteiger partial charge on any atom is 0.186 e. The average molecular weight is 294 g/mol. The molecule has 1 rings (SSSR count). The molecule has 0 amide bonds. The summed E-state index contributed by atoms with van der Waals surface area (Å²) in [6, 6.07) is 0. The van der Waals surface area contributed by atoms with Crippen molar-refractivity contribution in [3.05, 3.63) is 22.3 Å². The lowest BCUT2D eigenvalue weighted by Crippen LogP contribution is -2.31. The molecule has 0 aromatic carbocycles. The van der Waals surface area contributed by atoms with Crippen molar-refractivity contribution in [2.24, 2.45) is 5.41 Å². The number of allylic oxidation sites excluding steroid dienone is 4. The topological polar surface area (TPSA) is 51.2 Å². The highest BCUT2D eigenvalue weighted by Gasteiger charge is 2.37. The summed E-state index contributed by atoms with van der Waals surface area (Å²) in [6.45, 7) is 10.6. The van der Waals surface area contributed by atoms with Crippen molar-refractivity contribution in [1.82, 2.24) is 0 Å². The second-order valence-corrected chi connectivity index (χ2v) is 5.86. The summed E-state index contributed by atoms with van der Waals surface area (Å²) in [7, 11) is 0. The minimum Gasteiger partial charge on any atom is -0.300 e. The van der Waals surface area contributed by atoms with Crippen LogP contribution in [0.4, 0.5) is 0 Å². The maximum absolute atomic E-state index is 12.4. The molecule has 3 nitrogen and oxygen atoms in total. The van der Waals surface area contributed by atoms with Crippen molar-refractivity contribution >= 4 is 17.3 Å². The van der Waals surface area contributed by atoms with Crippen LogP contribution in [0.2, 0.25) is 0 Å². The van der Waals surface area contributed by atoms with Crippen LogP contribution in [-0.2, 0) is 14.4 Å². The van der Waals surface area contributed by atoms with Crippen LogP contribution in [0.25, 0.3) is 0 Å². The first kappa shape index (κ1) is 21.8. The molecule has 0 atom stereocenters. The molecule has 3 heteroatoms. The molecule has 0 aliphatic heterocycles. The number of Topliss-reactive ketones (excluding diaryl/α,β-unsaturated/α-hetero) is 3. The third kappa shape index (κ3) is 3.99. The first-order valence-corrected chi connectivity index (χ1v) is 6.63. The maximum atomic E-state index is 12.4. The third-order valence-electron chi connectivity index (χ3n) is 3.90. The van der Waals surface area contributed by atoms with Crippen molar-refractivity contribution < 1.29 is 14.4 Å². The molecule has 120 valence electrons. The van der Waals surface area contributed by atoms with Crippen LogP contribution < -0.4 is 0 Å². The molecule has 0 bridgehead atoms. The number of rotatable bonds is 4. The molecular weight excluding hydrogens is 264 g/mol. The Balaban J connectivity index is 0. The van der Waals surface area contributed by atoms with Gasteiger partial charge < -0.3 is 0 Å². The van der Waals surface area contributed by atoms with Gasteiger partial charge in [0.25, 0.3) is 0 Å². The normalized spacial score (nSPS) is 15.7. The van der Waals surface area contributed by atoms with Crippen molar-refractivity contribution in [1.29, 1.82) is 0 Å². The second-order valence-electron chi connectivity index (χ2n) is 5.86. The second kappa shape index (κ2) is 7.48. The first-order valence-electron chi connectivity index (χ1n) is 6.63. The van der Waals surface area contributed by atoms with E-state index in [1.807, 2.05) is 20.8 Å². The Hall–Kier alpha value is -1.51. The van der Waals surface area contributed by atoms with E-state index < -0.39 is 5.41 Å². The van der Waals surface area contributed by atoms with E-state index in [1.165, 1.54) is 0 Å². The molecular formula is C18H30O3. The van der Waals surface area contributed by atoms with Gasteiger partial charge in [-0.05, 0) is 20.8 Å². The van der Waals surface area contributed by atoms with Gasteiger partial charge in [-0.3, -0.25) is 14.4 Å². The van der Waals surface area contributed by atoms with Gasteiger partial charge in [-0.15, -0.1) is 0 Å². The fourth-order valence-corrected chi connectivity index (χ4v) is 2.61. The molecule has 0 aromatic rings. The van der Waals surface area contributed by atoms with Crippen LogP contribution in [0.3, 0.4) is 0 Å². The van der Waals surface area contributed by atoms with E-state index in [1.54, 1.807) is 20.8 Å². The van der Waals surface area contributed by atoms with Crippen molar-refractivity contribution in [2.45, 2.75) is 69.2 Å². The number of ketones is 3. The quantitative estimate of drug-likeness (QED) is 0.719. The minimum atomic E-state index is -0.591. The Morgan fingerprint density at radius 1 is 0.905 bits per heavy atom. The van der Waals surface area contributed by atoms with Crippen molar-refractivity contribution in [3.63, 3.8) is 0 Å². The lowest BCUT2D eigenvalue weighted by atomic mass is 9.70. The lowest BCUT2D eigenvalue weighted by molar-refractivity contribution is -0.121. The van der Waals surface area contributed by atoms with E-state index in [0.29, 0.717) is 35.1 Å². The monoisotopic (exact) mass is 294 g/mol. The molecule has 1 aliphatic rings. The number of hydrogen-bond acceptors (Lipinski definition) is 3. The van der Waals surface area contributed by atoms with Crippen LogP contribution in [-0.4, -0.2) is 17.3 Å². The molecule has 0 saturated carbocycles. The molecule has 0 saturated heterocycles. The molecule has 21 heavy (non-hydrogen) atoms. The van der Waals surface area contributed by atoms with E-state index in [4.69, 9.17) is 0 Å². The molecule has 0 radical (unpaired) electrons. The highest BCUT2D eigenvalue weighted by Crippen LogP contribution is 2.39. The molecule has 1 aliphatic carbocycles. The Morgan fingerprint density at radius 2 is 1.33 bits per heavy atom. The largest absolute Gasteiger partial charge is 0.300 e. The summed E-state index contributed by atoms with van der Waals surface area (Å²) in [5.41, 5.74) is 1.42. The van der Waals surface area contributed by atoms with E-state index in [2.05, 4.69) is 0 Å². The Bertz CT molecular complexity index is 517. The van der Waals surface area contributed by atoms with Gasteiger partial charge in [0.1, 0.15) is 5.78 Å². The summed E-state index contributed by atoms with van der Waals surface area (Å²) in [5, 5.41) is 0. The number of carbonyl (C=O) groups is 3. The zero-order valence-corrected chi connectivity index (χ0v) is 12.6. The van der Waals surface area contributed by atoms with E-state index >= 15 is 0 Å². The molecule has 0 spiro atoms. The van der Waals surface area contributed by atoms with Crippen LogP contribution >= 0.6 is 0 Å². The minimum absolute atomic E-state index is 0. The zero-order valence-electron chi connectivity index (χ0n) is 12.6. The van der Waals surface area contributed by atoms with E-state index in [0.717, 1.165) is 0 Å². The molecule has 0 fully saturated rings. The van der Waals surface area contributed by atoms with Gasteiger partial charge in [-0.25, -0.2) is 0 Å². The fourth-order valence-electron chi connectivity index (χ4n) is 2.61. The molecule has 0 heterocycles. The molecule has 0 aromatic heterocycles. The summed E-state index contributed by atoms with van der Waals surface area (Å²) in [4.78, 5) is 36.2. The smallest absolute Gasteiger partial charge is 0.186 e. The number of hydrogen-bond donors (Lipinski definition) is 0. The fraction of sp³-hybridized carbons (Fsp3) is 0.611. The van der Waals surface area contributed by atoms with E-state index in [9.17, 15) is 14.4 Å². The van der Waals surface area contributed by atoms with Crippen molar-refractivity contribution in [2.75, 3.05) is 0 Å². The Labute approximate surface area is 129 Å². The first-order chi connectivity index (χ1) is 8.63. The van der Waals surface area contributed by atoms with Gasteiger partial charge in [0.05, 0.1) is 0 Å². The highest BCUT2D eigenvalue weighted by molar-refractivity contribution is 6.25. The van der Waals surface area contributed by atoms with Crippen LogP contribution in [0.15, 0.2) is 22.3 Å². The van der Waals surface area contributed by atoms with Gasteiger partial charge >= 0.3 is 0 Å². The third-order valence-corrected chi connectivity index (χ3v) is 3.90. The zero-order chi connectivity index (χ0) is 15.0. The van der Waals surface area contributed by atoms with E-state index in [-0.39, 0.29) is 32.2 Å². The van der Waals surface area contributed by atoms with Gasteiger partial charge in [-0.2, -0.15) is 0 Å². The average Bonchev–Trinajstić information content (AvgIpc) is 2.33. The highest BCUT2D eigenvalue weighted by atomic mass is 16.1. The summed E-state index contributed by atoms with van der Waals surface area (Å²) in [6.07, 6.45) is 0.743.